The Balaban J connectivity index is 1.64. The minimum atomic E-state index is -0.437. The molecule has 4 aromatic rings. The zero-order chi connectivity index (χ0) is 27.0. The highest BCUT2D eigenvalue weighted by molar-refractivity contribution is 6.33. The molecule has 0 spiro atoms. The molecule has 2 aromatic carbocycles. The van der Waals surface area contributed by atoms with Gasteiger partial charge in [-0.1, -0.05) is 11.6 Å². The van der Waals surface area contributed by atoms with Crippen LogP contribution in [0.2, 0.25) is 5.02 Å². The summed E-state index contributed by atoms with van der Waals surface area (Å²) in [5, 5.41) is 8.68. The van der Waals surface area contributed by atoms with Gasteiger partial charge in [-0.15, -0.1) is 0 Å². The highest BCUT2D eigenvalue weighted by Crippen LogP contribution is 2.36. The number of nitrogens with one attached hydrogen (secondary N) is 1. The van der Waals surface area contributed by atoms with Crippen molar-refractivity contribution < 1.29 is 9.13 Å². The molecule has 5 N–H and O–H groups in total. The molecule has 0 bridgehead atoms. The Morgan fingerprint density at radius 1 is 1.13 bits per heavy atom. The van der Waals surface area contributed by atoms with Crippen molar-refractivity contribution in [3.63, 3.8) is 0 Å². The smallest absolute Gasteiger partial charge is 0.135 e. The van der Waals surface area contributed by atoms with E-state index in [1.165, 1.54) is 18.2 Å². The molecular weight excluding hydrogens is 503 g/mol. The van der Waals surface area contributed by atoms with Gasteiger partial charge in [-0.25, -0.2) is 13.9 Å². The van der Waals surface area contributed by atoms with Gasteiger partial charge >= 0.3 is 0 Å². The largest absolute Gasteiger partial charge is 0.497 e. The number of rotatable bonds is 6. The number of hydrogen-bond acceptors (Lipinski definition) is 5. The Kier molecular flexibility index (Phi) is 7.27. The lowest BCUT2D eigenvalue weighted by molar-refractivity contribution is 0.411. The highest BCUT2D eigenvalue weighted by atomic mass is 35.5. The van der Waals surface area contributed by atoms with Crippen molar-refractivity contribution in [3.8, 4) is 16.9 Å². The number of nitrogens with two attached hydrogens (primary N) is 2. The Bertz CT molecular complexity index is 1500. The van der Waals surface area contributed by atoms with E-state index in [0.717, 1.165) is 64.9 Å². The molecule has 38 heavy (non-hydrogen) atoms. The average molecular weight is 535 g/mol. The van der Waals surface area contributed by atoms with Crippen molar-refractivity contribution >= 4 is 34.3 Å². The van der Waals surface area contributed by atoms with E-state index in [1.54, 1.807) is 13.3 Å². The van der Waals surface area contributed by atoms with Gasteiger partial charge in [0, 0.05) is 29.9 Å². The van der Waals surface area contributed by atoms with Crippen LogP contribution in [0.1, 0.15) is 42.4 Å². The van der Waals surface area contributed by atoms with E-state index in [9.17, 15) is 4.39 Å². The van der Waals surface area contributed by atoms with E-state index in [0.29, 0.717) is 10.6 Å². The molecule has 0 radical (unpaired) electrons. The summed E-state index contributed by atoms with van der Waals surface area (Å²) in [6.07, 6.45) is 7.51. The van der Waals surface area contributed by atoms with Gasteiger partial charge in [-0.05, 0) is 86.6 Å². The van der Waals surface area contributed by atoms with Gasteiger partial charge in [0.15, 0.2) is 0 Å². The first-order valence-electron chi connectivity index (χ1n) is 12.7. The lowest BCUT2D eigenvalue weighted by Crippen LogP contribution is -2.33. The van der Waals surface area contributed by atoms with E-state index in [2.05, 4.69) is 35.3 Å². The lowest BCUT2D eigenvalue weighted by Gasteiger charge is -2.28. The van der Waals surface area contributed by atoms with Crippen LogP contribution in [0.25, 0.3) is 16.6 Å². The molecule has 0 atom stereocenters. The van der Waals surface area contributed by atoms with Crippen molar-refractivity contribution in [3.05, 3.63) is 76.3 Å². The maximum Gasteiger partial charge on any atom is 0.135 e. The van der Waals surface area contributed by atoms with Gasteiger partial charge in [-0.2, -0.15) is 5.10 Å². The first kappa shape index (κ1) is 26.0. The number of aliphatic imine (C=N–C) groups is 1. The number of aryl methyl sites for hydroxylation is 2. The Labute approximate surface area is 226 Å². The quantitative estimate of drug-likeness (QED) is 0.204. The summed E-state index contributed by atoms with van der Waals surface area (Å²) in [5.74, 6) is 0.584. The second kappa shape index (κ2) is 10.6. The fourth-order valence-corrected chi connectivity index (χ4v) is 5.43. The molecule has 7 nitrogen and oxygen atoms in total. The number of amidine groups is 1. The predicted octanol–water partition coefficient (Wildman–Crippen LogP) is 6.14. The zero-order valence-corrected chi connectivity index (χ0v) is 22.5. The maximum absolute atomic E-state index is 13.9. The van der Waals surface area contributed by atoms with Gasteiger partial charge in [0.05, 0.1) is 40.8 Å². The predicted molar refractivity (Wildman–Crippen MR) is 152 cm³/mol. The first-order chi connectivity index (χ1) is 18.2. The van der Waals surface area contributed by atoms with Gasteiger partial charge in [0.2, 0.25) is 0 Å². The minimum Gasteiger partial charge on any atom is -0.497 e. The van der Waals surface area contributed by atoms with Gasteiger partial charge in [0.1, 0.15) is 17.4 Å². The SMILES string of the molecule is COc1cc(C)c(-c2cc3c(N[C@H]4CC[C@H](N)CC4)c(C(N)=Nc4cc(F)ccc4Cl)cnn3c2)c(C)c1. The number of methoxy groups -OCH3 is 1. The average Bonchev–Trinajstić information content (AvgIpc) is 3.31. The Morgan fingerprint density at radius 2 is 1.84 bits per heavy atom. The monoisotopic (exact) mass is 534 g/mol. The van der Waals surface area contributed by atoms with Crippen LogP contribution in [-0.4, -0.2) is 34.6 Å². The molecule has 0 saturated heterocycles. The lowest BCUT2D eigenvalue weighted by atomic mass is 9.91. The van der Waals surface area contributed by atoms with Crippen LogP contribution >= 0.6 is 11.6 Å². The number of nitrogens with zero attached hydrogens (tertiary/aromatic N) is 3. The number of hydrogen-bond donors (Lipinski definition) is 3. The molecule has 2 aromatic heterocycles. The number of ether oxygens (including phenoxy) is 1. The summed E-state index contributed by atoms with van der Waals surface area (Å²) in [6, 6.07) is 10.6. The zero-order valence-electron chi connectivity index (χ0n) is 21.8. The molecule has 0 unspecified atom stereocenters. The Morgan fingerprint density at radius 3 is 2.53 bits per heavy atom. The van der Waals surface area contributed by atoms with E-state index in [1.807, 2.05) is 22.8 Å². The molecule has 1 fully saturated rings. The fraction of sp³-hybridized carbons (Fsp3) is 0.310. The molecule has 9 heteroatoms. The van der Waals surface area contributed by atoms with Gasteiger partial charge in [-0.3, -0.25) is 0 Å². The number of benzene rings is 2. The molecule has 2 heterocycles. The fourth-order valence-electron chi connectivity index (χ4n) is 5.27. The molecule has 0 aliphatic heterocycles. The van der Waals surface area contributed by atoms with Crippen molar-refractivity contribution in [2.45, 2.75) is 51.6 Å². The van der Waals surface area contributed by atoms with Crippen LogP contribution in [0.3, 0.4) is 0 Å². The number of fused-ring (bicyclic) bond motifs is 1. The molecular formula is C29H32ClFN6O. The summed E-state index contributed by atoms with van der Waals surface area (Å²) in [6.45, 7) is 4.15. The summed E-state index contributed by atoms with van der Waals surface area (Å²) in [4.78, 5) is 4.47. The van der Waals surface area contributed by atoms with Crippen LogP contribution in [0, 0.1) is 19.7 Å². The van der Waals surface area contributed by atoms with E-state index in [-0.39, 0.29) is 23.6 Å². The van der Waals surface area contributed by atoms with Crippen LogP contribution < -0.4 is 21.5 Å². The molecule has 198 valence electrons. The number of anilines is 1. The van der Waals surface area contributed by atoms with Crippen molar-refractivity contribution in [1.82, 2.24) is 9.61 Å². The molecule has 1 aliphatic carbocycles. The summed E-state index contributed by atoms with van der Waals surface area (Å²) in [7, 11) is 1.67. The summed E-state index contributed by atoms with van der Waals surface area (Å²) < 4.78 is 21.2. The third-order valence-electron chi connectivity index (χ3n) is 7.21. The van der Waals surface area contributed by atoms with Gasteiger partial charge in [0.25, 0.3) is 0 Å². The van der Waals surface area contributed by atoms with Crippen molar-refractivity contribution in [1.29, 1.82) is 0 Å². The second-order valence-electron chi connectivity index (χ2n) is 9.98. The summed E-state index contributed by atoms with van der Waals surface area (Å²) >= 11 is 6.27. The number of halogens is 2. The Hall–Kier alpha value is -3.62. The molecule has 1 aliphatic rings. The van der Waals surface area contributed by atoms with E-state index in [4.69, 9.17) is 27.8 Å². The van der Waals surface area contributed by atoms with Crippen LogP contribution in [-0.2, 0) is 0 Å². The first-order valence-corrected chi connectivity index (χ1v) is 13.1. The molecule has 1 saturated carbocycles. The van der Waals surface area contributed by atoms with Crippen molar-refractivity contribution in [2.75, 3.05) is 12.4 Å². The molecule has 0 amide bonds. The normalized spacial score (nSPS) is 18.1. The third-order valence-corrected chi connectivity index (χ3v) is 7.53. The third kappa shape index (κ3) is 5.19. The van der Waals surface area contributed by atoms with Crippen LogP contribution in [0.4, 0.5) is 15.8 Å². The van der Waals surface area contributed by atoms with E-state index < -0.39 is 5.82 Å². The topological polar surface area (TPSA) is 103 Å². The minimum absolute atomic E-state index is 0.196. The standard InChI is InChI=1S/C29H32ClFN6O/c1-16-10-22(38-3)11-17(2)27(16)18-12-26-28(35-21-7-5-20(32)6-8-21)23(14-34-37(26)15-18)29(33)36-25-13-19(31)4-9-24(25)30/h4,9-15,20-21,35H,5-8,32H2,1-3H3,(H2,33,36)/t20-,21-. The van der Waals surface area contributed by atoms with Gasteiger partial charge < -0.3 is 21.5 Å². The highest BCUT2D eigenvalue weighted by Gasteiger charge is 2.23. The second-order valence-corrected chi connectivity index (χ2v) is 10.4. The van der Waals surface area contributed by atoms with Crippen LogP contribution in [0.15, 0.2) is 53.8 Å². The number of aromatic nitrogens is 2. The van der Waals surface area contributed by atoms with E-state index >= 15 is 0 Å². The van der Waals surface area contributed by atoms with Crippen LogP contribution in [0.5, 0.6) is 5.75 Å². The summed E-state index contributed by atoms with van der Waals surface area (Å²) in [5.41, 5.74) is 19.6. The molecule has 5 rings (SSSR count). The van der Waals surface area contributed by atoms with Crippen molar-refractivity contribution in [2.24, 2.45) is 16.5 Å². The maximum atomic E-state index is 13.9.